The number of benzene rings is 3. The van der Waals surface area contributed by atoms with Crippen LogP contribution in [0.2, 0.25) is 0 Å². The van der Waals surface area contributed by atoms with E-state index in [2.05, 4.69) is 10.3 Å². The van der Waals surface area contributed by atoms with Crippen LogP contribution in [-0.4, -0.2) is 60.3 Å². The predicted molar refractivity (Wildman–Crippen MR) is 161 cm³/mol. The fourth-order valence-corrected chi connectivity index (χ4v) is 4.52. The lowest BCUT2D eigenvalue weighted by Crippen LogP contribution is -2.49. The smallest absolute Gasteiger partial charge is 0.317 e. The molecule has 0 bridgehead atoms. The van der Waals surface area contributed by atoms with Crippen LogP contribution in [-0.2, 0) is 22.7 Å². The molecule has 3 rings (SSSR count). The predicted octanol–water partition coefficient (Wildman–Crippen LogP) is 2.53. The van der Waals surface area contributed by atoms with Crippen molar-refractivity contribution >= 4 is 23.8 Å². The number of primary amides is 1. The number of rotatable bonds is 13. The van der Waals surface area contributed by atoms with Gasteiger partial charge >= 0.3 is 6.03 Å². The number of amides is 4. The quantitative estimate of drug-likeness (QED) is 0.144. The second-order valence-electron chi connectivity index (χ2n) is 9.96. The molecule has 0 aromatic heterocycles. The van der Waals surface area contributed by atoms with Gasteiger partial charge in [-0.05, 0) is 35.1 Å². The molecule has 10 nitrogen and oxygen atoms in total. The average Bonchev–Trinajstić information content (AvgIpc) is 2.96. The van der Waals surface area contributed by atoms with Crippen LogP contribution in [0.25, 0.3) is 0 Å². The van der Waals surface area contributed by atoms with E-state index in [-0.39, 0.29) is 24.4 Å². The van der Waals surface area contributed by atoms with Crippen LogP contribution in [0, 0.1) is 0 Å². The van der Waals surface area contributed by atoms with E-state index in [1.165, 1.54) is 4.90 Å². The summed E-state index contributed by atoms with van der Waals surface area (Å²) in [7, 11) is 3.35. The van der Waals surface area contributed by atoms with E-state index in [1.54, 1.807) is 19.0 Å². The summed E-state index contributed by atoms with van der Waals surface area (Å²) in [5.41, 5.74) is 20.2. The molecule has 0 heterocycles. The van der Waals surface area contributed by atoms with Crippen molar-refractivity contribution in [3.05, 3.63) is 107 Å². The Bertz CT molecular complexity index is 1270. The van der Waals surface area contributed by atoms with Crippen LogP contribution >= 0.6 is 0 Å². The number of nitrogens with zero attached hydrogens (tertiary/aromatic N) is 3. The molecule has 0 aliphatic heterocycles. The summed E-state index contributed by atoms with van der Waals surface area (Å²) in [4.78, 5) is 46.2. The standard InChI is InChI=1S/C31H39N7O3/c1-37(2)31(41)36-20-22-15-17-23(18-16-22)21-38(26(28(32)39)14-9-19-35-30(33)34)29(40)27(24-10-5-3-6-11-24)25-12-7-4-8-13-25/h3-8,10-13,15-18,26-27H,9,14,19-21H2,1-2H3,(H2,32,39)(H,36,41)(H4,33,34,35)/t26-/m0/s1. The maximum Gasteiger partial charge on any atom is 0.317 e. The highest BCUT2D eigenvalue weighted by Crippen LogP contribution is 2.29. The van der Waals surface area contributed by atoms with Gasteiger partial charge in [-0.1, -0.05) is 84.9 Å². The lowest BCUT2D eigenvalue weighted by Gasteiger charge is -2.33. The monoisotopic (exact) mass is 557 g/mol. The SMILES string of the molecule is CN(C)C(=O)NCc1ccc(CN(C(=O)C(c2ccccc2)c2ccccc2)[C@@H](CCCN=C(N)N)C(N)=O)cc1. The molecule has 0 radical (unpaired) electrons. The molecule has 0 saturated carbocycles. The van der Waals surface area contributed by atoms with Crippen molar-refractivity contribution < 1.29 is 14.4 Å². The van der Waals surface area contributed by atoms with Crippen molar-refractivity contribution in [1.82, 2.24) is 15.1 Å². The van der Waals surface area contributed by atoms with E-state index in [0.717, 1.165) is 22.3 Å². The number of nitrogens with one attached hydrogen (secondary N) is 1. The van der Waals surface area contributed by atoms with Crippen LogP contribution < -0.4 is 22.5 Å². The Hall–Kier alpha value is -4.86. The topological polar surface area (TPSA) is 160 Å². The molecule has 0 spiro atoms. The zero-order valence-corrected chi connectivity index (χ0v) is 23.6. The highest BCUT2D eigenvalue weighted by Gasteiger charge is 2.34. The molecule has 3 aromatic carbocycles. The lowest BCUT2D eigenvalue weighted by atomic mass is 9.89. The maximum atomic E-state index is 14.4. The average molecular weight is 558 g/mol. The van der Waals surface area contributed by atoms with Gasteiger partial charge in [-0.2, -0.15) is 0 Å². The molecule has 4 amide bonds. The Labute approximate surface area is 241 Å². The third-order valence-electron chi connectivity index (χ3n) is 6.66. The summed E-state index contributed by atoms with van der Waals surface area (Å²) in [5.74, 6) is -1.53. The van der Waals surface area contributed by atoms with Crippen molar-refractivity contribution in [2.24, 2.45) is 22.2 Å². The van der Waals surface area contributed by atoms with Gasteiger partial charge in [0.2, 0.25) is 11.8 Å². The number of carbonyl (C=O) groups is 3. The van der Waals surface area contributed by atoms with Crippen LogP contribution in [0.5, 0.6) is 0 Å². The highest BCUT2D eigenvalue weighted by molar-refractivity contribution is 5.92. The van der Waals surface area contributed by atoms with E-state index in [0.29, 0.717) is 25.9 Å². The molecule has 0 fully saturated rings. The Morgan fingerprint density at radius 2 is 1.34 bits per heavy atom. The minimum atomic E-state index is -0.884. The molecule has 0 saturated heterocycles. The van der Waals surface area contributed by atoms with Gasteiger partial charge in [-0.25, -0.2) is 4.79 Å². The van der Waals surface area contributed by atoms with Gasteiger partial charge in [-0.15, -0.1) is 0 Å². The molecule has 10 heteroatoms. The fraction of sp³-hybridized carbons (Fsp3) is 0.290. The molecule has 216 valence electrons. The van der Waals surface area contributed by atoms with E-state index < -0.39 is 17.9 Å². The number of nitrogens with two attached hydrogens (primary N) is 3. The summed E-state index contributed by atoms with van der Waals surface area (Å²) >= 11 is 0. The largest absolute Gasteiger partial charge is 0.370 e. The summed E-state index contributed by atoms with van der Waals surface area (Å²) in [6, 6.07) is 25.4. The van der Waals surface area contributed by atoms with Crippen LogP contribution in [0.4, 0.5) is 4.79 Å². The van der Waals surface area contributed by atoms with Crippen molar-refractivity contribution in [3.63, 3.8) is 0 Å². The first-order valence-electron chi connectivity index (χ1n) is 13.5. The van der Waals surface area contributed by atoms with Crippen molar-refractivity contribution in [2.45, 2.75) is 37.9 Å². The van der Waals surface area contributed by atoms with Crippen molar-refractivity contribution in [3.8, 4) is 0 Å². The van der Waals surface area contributed by atoms with Crippen LogP contribution in [0.1, 0.15) is 41.0 Å². The van der Waals surface area contributed by atoms with Gasteiger partial charge in [0.1, 0.15) is 6.04 Å². The van der Waals surface area contributed by atoms with E-state index in [1.807, 2.05) is 84.9 Å². The second kappa shape index (κ2) is 15.1. The fourth-order valence-electron chi connectivity index (χ4n) is 4.52. The molecule has 3 aromatic rings. The number of carbonyl (C=O) groups excluding carboxylic acids is 3. The lowest BCUT2D eigenvalue weighted by molar-refractivity contribution is -0.141. The first-order chi connectivity index (χ1) is 19.7. The number of hydrogen-bond donors (Lipinski definition) is 4. The summed E-state index contributed by atoms with van der Waals surface area (Å²) < 4.78 is 0. The highest BCUT2D eigenvalue weighted by atomic mass is 16.2. The first-order valence-corrected chi connectivity index (χ1v) is 13.5. The van der Waals surface area contributed by atoms with Gasteiger partial charge in [0.25, 0.3) is 0 Å². The number of hydrogen-bond acceptors (Lipinski definition) is 4. The molecule has 0 aliphatic rings. The Kier molecular flexibility index (Phi) is 11.3. The maximum absolute atomic E-state index is 14.4. The van der Waals surface area contributed by atoms with Crippen LogP contribution in [0.3, 0.4) is 0 Å². The van der Waals surface area contributed by atoms with E-state index in [9.17, 15) is 14.4 Å². The zero-order valence-electron chi connectivity index (χ0n) is 23.6. The molecule has 1 atom stereocenters. The van der Waals surface area contributed by atoms with Gasteiger partial charge in [0, 0.05) is 33.7 Å². The molecule has 0 unspecified atom stereocenters. The Morgan fingerprint density at radius 3 is 1.83 bits per heavy atom. The summed E-state index contributed by atoms with van der Waals surface area (Å²) in [6.07, 6.45) is 0.754. The van der Waals surface area contributed by atoms with Crippen LogP contribution in [0.15, 0.2) is 89.9 Å². The Morgan fingerprint density at radius 1 is 0.805 bits per heavy atom. The minimum absolute atomic E-state index is 0.0383. The second-order valence-corrected chi connectivity index (χ2v) is 9.96. The summed E-state index contributed by atoms with van der Waals surface area (Å²) in [5, 5.41) is 2.83. The van der Waals surface area contributed by atoms with Crippen molar-refractivity contribution in [2.75, 3.05) is 20.6 Å². The number of urea groups is 1. The zero-order chi connectivity index (χ0) is 29.8. The van der Waals surface area contributed by atoms with Gasteiger partial charge in [-0.3, -0.25) is 14.6 Å². The summed E-state index contributed by atoms with van der Waals surface area (Å²) in [6.45, 7) is 0.830. The molecule has 41 heavy (non-hydrogen) atoms. The third kappa shape index (κ3) is 9.10. The van der Waals surface area contributed by atoms with E-state index in [4.69, 9.17) is 17.2 Å². The number of aliphatic imine (C=N–C) groups is 1. The van der Waals surface area contributed by atoms with Gasteiger partial charge < -0.3 is 32.3 Å². The first kappa shape index (κ1) is 30.7. The van der Waals surface area contributed by atoms with Crippen molar-refractivity contribution in [1.29, 1.82) is 0 Å². The third-order valence-corrected chi connectivity index (χ3v) is 6.66. The van der Waals surface area contributed by atoms with Gasteiger partial charge in [0.15, 0.2) is 5.96 Å². The molecule has 7 N–H and O–H groups in total. The van der Waals surface area contributed by atoms with E-state index >= 15 is 0 Å². The molecular weight excluding hydrogens is 518 g/mol. The number of guanidine groups is 1. The Balaban J connectivity index is 1.95. The molecule has 0 aliphatic carbocycles. The normalized spacial score (nSPS) is 11.4. The minimum Gasteiger partial charge on any atom is -0.370 e. The molecular formula is C31H39N7O3. The van der Waals surface area contributed by atoms with Gasteiger partial charge in [0.05, 0.1) is 5.92 Å².